The largest absolute Gasteiger partial charge is 0.488 e. The van der Waals surface area contributed by atoms with E-state index in [0.717, 1.165) is 36.7 Å². The fourth-order valence-corrected chi connectivity index (χ4v) is 2.55. The van der Waals surface area contributed by atoms with Crippen LogP contribution in [0.2, 0.25) is 5.02 Å². The molecule has 0 aromatic heterocycles. The summed E-state index contributed by atoms with van der Waals surface area (Å²) in [6.45, 7) is 8.69. The molecule has 0 amide bonds. The molecule has 0 radical (unpaired) electrons. The second kappa shape index (κ2) is 7.53. The van der Waals surface area contributed by atoms with Crippen LogP contribution in [-0.4, -0.2) is 19.2 Å². The number of benzene rings is 1. The first-order valence-corrected chi connectivity index (χ1v) is 7.58. The molecule has 1 aliphatic heterocycles. The fraction of sp³-hybridized carbons (Fsp3) is 0.625. The third-order valence-corrected chi connectivity index (χ3v) is 4.44. The Morgan fingerprint density at radius 2 is 2.15 bits per heavy atom. The minimum atomic E-state index is 0. The van der Waals surface area contributed by atoms with Crippen molar-refractivity contribution in [3.05, 3.63) is 28.8 Å². The van der Waals surface area contributed by atoms with E-state index in [1.165, 1.54) is 12.0 Å². The summed E-state index contributed by atoms with van der Waals surface area (Å²) in [6, 6.07) is 6.21. The Bertz CT molecular complexity index is 428. The third-order valence-electron chi connectivity index (χ3n) is 4.14. The monoisotopic (exact) mass is 317 g/mol. The van der Waals surface area contributed by atoms with Gasteiger partial charge in [-0.1, -0.05) is 38.4 Å². The summed E-state index contributed by atoms with van der Waals surface area (Å²) < 4.78 is 5.99. The van der Waals surface area contributed by atoms with Gasteiger partial charge >= 0.3 is 0 Å². The van der Waals surface area contributed by atoms with Gasteiger partial charge in [0.1, 0.15) is 11.9 Å². The summed E-state index contributed by atoms with van der Waals surface area (Å²) in [4.78, 5) is 0. The van der Waals surface area contributed by atoms with E-state index in [2.05, 4.69) is 38.2 Å². The van der Waals surface area contributed by atoms with Crippen LogP contribution in [0.25, 0.3) is 0 Å². The summed E-state index contributed by atoms with van der Waals surface area (Å²) in [7, 11) is 0. The maximum atomic E-state index is 6.37. The van der Waals surface area contributed by atoms with Crippen molar-refractivity contribution in [2.45, 2.75) is 51.6 Å². The molecule has 1 aromatic carbocycles. The molecule has 4 heteroatoms. The molecule has 1 fully saturated rings. The molecule has 20 heavy (non-hydrogen) atoms. The highest BCUT2D eigenvalue weighted by atomic mass is 35.5. The second-order valence-corrected chi connectivity index (χ2v) is 6.38. The van der Waals surface area contributed by atoms with Crippen molar-refractivity contribution in [1.82, 2.24) is 5.32 Å². The normalized spacial score (nSPS) is 19.3. The van der Waals surface area contributed by atoms with Crippen molar-refractivity contribution in [2.75, 3.05) is 13.1 Å². The van der Waals surface area contributed by atoms with Crippen molar-refractivity contribution in [1.29, 1.82) is 0 Å². The van der Waals surface area contributed by atoms with Crippen LogP contribution in [0.5, 0.6) is 5.75 Å². The van der Waals surface area contributed by atoms with Crippen LogP contribution in [0.1, 0.15) is 45.6 Å². The second-order valence-electron chi connectivity index (χ2n) is 5.97. The van der Waals surface area contributed by atoms with Crippen LogP contribution >= 0.6 is 24.0 Å². The third kappa shape index (κ3) is 4.28. The maximum absolute atomic E-state index is 6.37. The smallest absolute Gasteiger partial charge is 0.138 e. The van der Waals surface area contributed by atoms with E-state index in [0.29, 0.717) is 0 Å². The van der Waals surface area contributed by atoms with Crippen LogP contribution in [-0.2, 0) is 5.41 Å². The molecule has 2 nitrogen and oxygen atoms in total. The van der Waals surface area contributed by atoms with Gasteiger partial charge in [-0.3, -0.25) is 0 Å². The van der Waals surface area contributed by atoms with Crippen molar-refractivity contribution in [2.24, 2.45) is 0 Å². The Morgan fingerprint density at radius 1 is 1.40 bits per heavy atom. The summed E-state index contributed by atoms with van der Waals surface area (Å²) >= 11 is 6.37. The molecule has 1 unspecified atom stereocenters. The van der Waals surface area contributed by atoms with Gasteiger partial charge in [-0.05, 0) is 48.9 Å². The predicted octanol–water partition coefficient (Wildman–Crippen LogP) is 4.58. The van der Waals surface area contributed by atoms with E-state index in [9.17, 15) is 0 Å². The van der Waals surface area contributed by atoms with Gasteiger partial charge in [0.15, 0.2) is 0 Å². The zero-order valence-corrected chi connectivity index (χ0v) is 14.1. The molecule has 1 saturated heterocycles. The standard InChI is InChI=1S/C16H24ClNO.ClH/c1-4-16(2,3)12-7-8-15(14(17)10-12)19-13-6-5-9-18-11-13;/h7-8,10,13,18H,4-6,9,11H2,1-3H3;1H. The number of piperidine rings is 1. The van der Waals surface area contributed by atoms with Crippen LogP contribution in [0, 0.1) is 0 Å². The molecule has 1 atom stereocenters. The zero-order valence-electron chi connectivity index (χ0n) is 12.5. The Balaban J connectivity index is 0.00000200. The minimum Gasteiger partial charge on any atom is -0.488 e. The molecule has 0 saturated carbocycles. The molecule has 1 aliphatic rings. The molecular formula is C16H25Cl2NO. The number of halogens is 2. The minimum absolute atomic E-state index is 0. The Labute approximate surface area is 133 Å². The molecule has 1 N–H and O–H groups in total. The Hall–Kier alpha value is -0.440. The van der Waals surface area contributed by atoms with Gasteiger partial charge in [0, 0.05) is 6.54 Å². The lowest BCUT2D eigenvalue weighted by atomic mass is 9.82. The van der Waals surface area contributed by atoms with Gasteiger partial charge in [-0.15, -0.1) is 12.4 Å². The highest BCUT2D eigenvalue weighted by Gasteiger charge is 2.20. The average Bonchev–Trinajstić information content (AvgIpc) is 2.42. The lowest BCUT2D eigenvalue weighted by molar-refractivity contribution is 0.167. The van der Waals surface area contributed by atoms with Gasteiger partial charge in [-0.2, -0.15) is 0 Å². The first-order valence-electron chi connectivity index (χ1n) is 7.20. The highest BCUT2D eigenvalue weighted by Crippen LogP contribution is 2.33. The molecule has 2 rings (SSSR count). The number of hydrogen-bond donors (Lipinski definition) is 1. The molecule has 0 bridgehead atoms. The lowest BCUT2D eigenvalue weighted by Crippen LogP contribution is -2.37. The number of ether oxygens (including phenoxy) is 1. The molecule has 1 heterocycles. The maximum Gasteiger partial charge on any atom is 0.138 e. The zero-order chi connectivity index (χ0) is 13.9. The number of hydrogen-bond acceptors (Lipinski definition) is 2. The van der Waals surface area contributed by atoms with E-state index in [4.69, 9.17) is 16.3 Å². The first kappa shape index (κ1) is 17.6. The summed E-state index contributed by atoms with van der Waals surface area (Å²) in [5, 5.41) is 4.08. The van der Waals surface area contributed by atoms with Gasteiger partial charge in [0.2, 0.25) is 0 Å². The Morgan fingerprint density at radius 3 is 2.70 bits per heavy atom. The van der Waals surface area contributed by atoms with Crippen LogP contribution in [0.15, 0.2) is 18.2 Å². The fourth-order valence-electron chi connectivity index (χ4n) is 2.32. The summed E-state index contributed by atoms with van der Waals surface area (Å²) in [5.74, 6) is 0.811. The number of rotatable bonds is 4. The quantitative estimate of drug-likeness (QED) is 0.877. The molecule has 0 aliphatic carbocycles. The van der Waals surface area contributed by atoms with Gasteiger partial charge in [-0.25, -0.2) is 0 Å². The first-order chi connectivity index (χ1) is 9.03. The van der Waals surface area contributed by atoms with Gasteiger partial charge < -0.3 is 10.1 Å². The van der Waals surface area contributed by atoms with Crippen molar-refractivity contribution >= 4 is 24.0 Å². The van der Waals surface area contributed by atoms with Crippen molar-refractivity contribution in [3.8, 4) is 5.75 Å². The topological polar surface area (TPSA) is 21.3 Å². The Kier molecular flexibility index (Phi) is 6.63. The van der Waals surface area contributed by atoms with Crippen LogP contribution < -0.4 is 10.1 Å². The van der Waals surface area contributed by atoms with E-state index in [1.54, 1.807) is 0 Å². The average molecular weight is 318 g/mol. The summed E-state index contributed by atoms with van der Waals surface area (Å²) in [5.41, 5.74) is 1.43. The summed E-state index contributed by atoms with van der Waals surface area (Å²) in [6.07, 6.45) is 3.61. The molecule has 1 aromatic rings. The van der Waals surface area contributed by atoms with Crippen LogP contribution in [0.4, 0.5) is 0 Å². The lowest BCUT2D eigenvalue weighted by Gasteiger charge is -2.26. The molecule has 0 spiro atoms. The van der Waals surface area contributed by atoms with Crippen molar-refractivity contribution in [3.63, 3.8) is 0 Å². The van der Waals surface area contributed by atoms with E-state index < -0.39 is 0 Å². The SMILES string of the molecule is CCC(C)(C)c1ccc(OC2CCCNC2)c(Cl)c1.Cl. The van der Waals surface area contributed by atoms with Gasteiger partial charge in [0.05, 0.1) is 5.02 Å². The van der Waals surface area contributed by atoms with Crippen LogP contribution in [0.3, 0.4) is 0 Å². The molecular weight excluding hydrogens is 293 g/mol. The van der Waals surface area contributed by atoms with E-state index >= 15 is 0 Å². The van der Waals surface area contributed by atoms with E-state index in [-0.39, 0.29) is 23.9 Å². The highest BCUT2D eigenvalue weighted by molar-refractivity contribution is 6.32. The van der Waals surface area contributed by atoms with E-state index in [1.807, 2.05) is 6.07 Å². The number of nitrogens with one attached hydrogen (secondary N) is 1. The molecule has 114 valence electrons. The van der Waals surface area contributed by atoms with Crippen molar-refractivity contribution < 1.29 is 4.74 Å². The van der Waals surface area contributed by atoms with Gasteiger partial charge in [0.25, 0.3) is 0 Å². The predicted molar refractivity (Wildman–Crippen MR) is 88.5 cm³/mol.